The van der Waals surface area contributed by atoms with Crippen LogP contribution in [0.5, 0.6) is 0 Å². The average Bonchev–Trinajstić information content (AvgIpc) is 2.41. The number of piperidine rings is 1. The molecule has 1 aromatic rings. The largest absolute Gasteiger partial charge is 0.319 e. The predicted octanol–water partition coefficient (Wildman–Crippen LogP) is 2.68. The minimum atomic E-state index is -0.425. The van der Waals surface area contributed by atoms with Gasteiger partial charge in [0.15, 0.2) is 0 Å². The van der Waals surface area contributed by atoms with Gasteiger partial charge in [0.2, 0.25) is 0 Å². The Bertz CT molecular complexity index is 479. The number of benzene rings is 1. The summed E-state index contributed by atoms with van der Waals surface area (Å²) in [5.41, 5.74) is 0.944. The van der Waals surface area contributed by atoms with Gasteiger partial charge in [-0.25, -0.2) is 0 Å². The van der Waals surface area contributed by atoms with E-state index in [4.69, 9.17) is 11.6 Å². The van der Waals surface area contributed by atoms with Gasteiger partial charge in [0.25, 0.3) is 5.69 Å². The third kappa shape index (κ3) is 3.91. The van der Waals surface area contributed by atoms with Gasteiger partial charge in [0.05, 0.1) is 4.92 Å². The number of halogens is 1. The maximum absolute atomic E-state index is 10.9. The summed E-state index contributed by atoms with van der Waals surface area (Å²) < 4.78 is 0. The van der Waals surface area contributed by atoms with Crippen molar-refractivity contribution < 1.29 is 4.92 Å². The van der Waals surface area contributed by atoms with E-state index in [2.05, 4.69) is 10.2 Å². The summed E-state index contributed by atoms with van der Waals surface area (Å²) in [5.74, 6) is 0.663. The molecule has 1 saturated heterocycles. The van der Waals surface area contributed by atoms with Crippen LogP contribution in [0.1, 0.15) is 18.4 Å². The molecule has 0 aliphatic carbocycles. The lowest BCUT2D eigenvalue weighted by atomic mass is 9.97. The zero-order chi connectivity index (χ0) is 14.5. The van der Waals surface area contributed by atoms with E-state index in [9.17, 15) is 10.1 Å². The van der Waals surface area contributed by atoms with Crippen LogP contribution in [0, 0.1) is 16.0 Å². The van der Waals surface area contributed by atoms with Crippen molar-refractivity contribution in [3.63, 3.8) is 0 Å². The molecule has 1 aliphatic heterocycles. The average molecular weight is 298 g/mol. The van der Waals surface area contributed by atoms with Crippen molar-refractivity contribution in [2.75, 3.05) is 26.7 Å². The van der Waals surface area contributed by atoms with Crippen LogP contribution in [0.15, 0.2) is 18.2 Å². The molecule has 0 bridgehead atoms. The molecule has 0 radical (unpaired) electrons. The van der Waals surface area contributed by atoms with Crippen molar-refractivity contribution in [1.82, 2.24) is 10.2 Å². The van der Waals surface area contributed by atoms with Crippen molar-refractivity contribution in [2.45, 2.75) is 19.4 Å². The van der Waals surface area contributed by atoms with Crippen LogP contribution < -0.4 is 5.32 Å². The first kappa shape index (κ1) is 15.2. The van der Waals surface area contributed by atoms with Gasteiger partial charge in [-0.2, -0.15) is 0 Å². The molecule has 5 nitrogen and oxygen atoms in total. The van der Waals surface area contributed by atoms with Crippen LogP contribution >= 0.6 is 11.6 Å². The van der Waals surface area contributed by atoms with Crippen molar-refractivity contribution in [3.8, 4) is 0 Å². The third-order valence-corrected chi connectivity index (χ3v) is 4.03. The molecule has 1 aromatic carbocycles. The van der Waals surface area contributed by atoms with Crippen LogP contribution in [-0.4, -0.2) is 36.5 Å². The molecule has 6 heteroatoms. The van der Waals surface area contributed by atoms with E-state index in [1.807, 2.05) is 13.1 Å². The highest BCUT2D eigenvalue weighted by molar-refractivity contribution is 6.32. The molecule has 0 spiro atoms. The Balaban J connectivity index is 2.02. The highest BCUT2D eigenvalue weighted by Crippen LogP contribution is 2.26. The first-order valence-electron chi connectivity index (χ1n) is 6.90. The first-order chi connectivity index (χ1) is 9.60. The lowest BCUT2D eigenvalue weighted by Gasteiger charge is -2.32. The topological polar surface area (TPSA) is 58.4 Å². The van der Waals surface area contributed by atoms with Gasteiger partial charge in [-0.05, 0) is 50.5 Å². The lowest BCUT2D eigenvalue weighted by Crippen LogP contribution is -2.38. The Morgan fingerprint density at radius 1 is 1.55 bits per heavy atom. The summed E-state index contributed by atoms with van der Waals surface area (Å²) in [6, 6.07) is 5.07. The number of nitro groups is 1. The molecule has 1 N–H and O–H groups in total. The van der Waals surface area contributed by atoms with Gasteiger partial charge >= 0.3 is 0 Å². The maximum Gasteiger partial charge on any atom is 0.288 e. The van der Waals surface area contributed by atoms with E-state index >= 15 is 0 Å². The third-order valence-electron chi connectivity index (χ3n) is 3.71. The van der Waals surface area contributed by atoms with Crippen molar-refractivity contribution >= 4 is 17.3 Å². The van der Waals surface area contributed by atoms with Gasteiger partial charge in [0, 0.05) is 19.2 Å². The molecule has 2 rings (SSSR count). The minimum absolute atomic E-state index is 0.00653. The standard InChI is InChI=1S/C14H20ClN3O2/c1-16-8-12-3-2-6-17(10-12)9-11-4-5-13(15)14(7-11)18(19)20/h4-5,7,12,16H,2-3,6,8-10H2,1H3. The molecule has 1 unspecified atom stereocenters. The molecule has 0 amide bonds. The summed E-state index contributed by atoms with van der Waals surface area (Å²) in [7, 11) is 1.97. The van der Waals surface area contributed by atoms with Gasteiger partial charge < -0.3 is 5.32 Å². The van der Waals surface area contributed by atoms with E-state index in [1.165, 1.54) is 12.8 Å². The first-order valence-corrected chi connectivity index (χ1v) is 7.27. The molecular formula is C14H20ClN3O2. The molecule has 1 heterocycles. The van der Waals surface area contributed by atoms with Gasteiger partial charge in [0.1, 0.15) is 5.02 Å². The summed E-state index contributed by atoms with van der Waals surface area (Å²) in [6.45, 7) is 3.86. The molecule has 20 heavy (non-hydrogen) atoms. The summed E-state index contributed by atoms with van der Waals surface area (Å²) in [6.07, 6.45) is 2.43. The van der Waals surface area contributed by atoms with Crippen LogP contribution in [0.3, 0.4) is 0 Å². The Morgan fingerprint density at radius 2 is 2.35 bits per heavy atom. The Kier molecular flexibility index (Phi) is 5.34. The lowest BCUT2D eigenvalue weighted by molar-refractivity contribution is -0.384. The Labute approximate surface area is 124 Å². The number of nitrogens with one attached hydrogen (secondary N) is 1. The van der Waals surface area contributed by atoms with E-state index in [0.717, 1.165) is 31.7 Å². The van der Waals surface area contributed by atoms with E-state index in [1.54, 1.807) is 12.1 Å². The van der Waals surface area contributed by atoms with Gasteiger partial charge in [-0.3, -0.25) is 15.0 Å². The summed E-state index contributed by atoms with van der Waals surface area (Å²) in [5, 5.41) is 14.3. The molecule has 1 aliphatic rings. The second kappa shape index (κ2) is 7.02. The monoisotopic (exact) mass is 297 g/mol. The van der Waals surface area contributed by atoms with Crippen LogP contribution in [0.4, 0.5) is 5.69 Å². The number of hydrogen-bond donors (Lipinski definition) is 1. The second-order valence-corrected chi connectivity index (χ2v) is 5.75. The Hall–Kier alpha value is -1.17. The number of nitrogens with zero attached hydrogens (tertiary/aromatic N) is 2. The van der Waals surface area contributed by atoms with Crippen LogP contribution in [-0.2, 0) is 6.54 Å². The summed E-state index contributed by atoms with van der Waals surface area (Å²) in [4.78, 5) is 12.8. The van der Waals surface area contributed by atoms with Crippen LogP contribution in [0.2, 0.25) is 5.02 Å². The highest BCUT2D eigenvalue weighted by atomic mass is 35.5. The normalized spacial score (nSPS) is 20.0. The molecule has 110 valence electrons. The quantitative estimate of drug-likeness (QED) is 0.670. The predicted molar refractivity (Wildman–Crippen MR) is 80.0 cm³/mol. The van der Waals surface area contributed by atoms with Gasteiger partial charge in [-0.15, -0.1) is 0 Å². The van der Waals surface area contributed by atoms with E-state index in [-0.39, 0.29) is 10.7 Å². The second-order valence-electron chi connectivity index (χ2n) is 5.34. The molecule has 0 aromatic heterocycles. The number of nitro benzene ring substituents is 1. The van der Waals surface area contributed by atoms with E-state index in [0.29, 0.717) is 5.92 Å². The fourth-order valence-corrected chi connectivity index (χ4v) is 2.99. The van der Waals surface area contributed by atoms with Crippen LogP contribution in [0.25, 0.3) is 0 Å². The molecular weight excluding hydrogens is 278 g/mol. The molecule has 1 fully saturated rings. The van der Waals surface area contributed by atoms with Crippen molar-refractivity contribution in [2.24, 2.45) is 5.92 Å². The SMILES string of the molecule is CNCC1CCCN(Cc2ccc(Cl)c([N+](=O)[O-])c2)C1. The number of likely N-dealkylation sites (tertiary alicyclic amines) is 1. The molecule has 0 saturated carbocycles. The number of hydrogen-bond acceptors (Lipinski definition) is 4. The zero-order valence-electron chi connectivity index (χ0n) is 11.6. The maximum atomic E-state index is 10.9. The highest BCUT2D eigenvalue weighted by Gasteiger charge is 2.20. The fraction of sp³-hybridized carbons (Fsp3) is 0.571. The zero-order valence-corrected chi connectivity index (χ0v) is 12.4. The van der Waals surface area contributed by atoms with Crippen molar-refractivity contribution in [1.29, 1.82) is 0 Å². The summed E-state index contributed by atoms with van der Waals surface area (Å²) >= 11 is 5.83. The van der Waals surface area contributed by atoms with Crippen molar-refractivity contribution in [3.05, 3.63) is 38.9 Å². The van der Waals surface area contributed by atoms with E-state index < -0.39 is 4.92 Å². The Morgan fingerprint density at radius 3 is 3.05 bits per heavy atom. The smallest absolute Gasteiger partial charge is 0.288 e. The fourth-order valence-electron chi connectivity index (χ4n) is 2.80. The molecule has 1 atom stereocenters. The minimum Gasteiger partial charge on any atom is -0.319 e. The van der Waals surface area contributed by atoms with Gasteiger partial charge in [-0.1, -0.05) is 17.7 Å². The number of rotatable bonds is 5.